The van der Waals surface area contributed by atoms with Gasteiger partial charge < -0.3 is 5.32 Å². The van der Waals surface area contributed by atoms with E-state index in [1.54, 1.807) is 18.2 Å². The summed E-state index contributed by atoms with van der Waals surface area (Å²) in [6.45, 7) is 0. The standard InChI is InChI=1S/C14H10ClFN2O3S/c15-9-5-6-11(12(7-9)18(20)21)17-14(19)8-22-13-4-2-1-3-10(13)16/h1-7H,8H2,(H,17,19). The fraction of sp³-hybridized carbons (Fsp3) is 0.0714. The molecular weight excluding hydrogens is 331 g/mol. The average molecular weight is 341 g/mol. The first-order valence-corrected chi connectivity index (χ1v) is 7.45. The third kappa shape index (κ3) is 4.19. The van der Waals surface area contributed by atoms with Crippen LogP contribution in [0.15, 0.2) is 47.4 Å². The number of nitro benzene ring substituents is 1. The van der Waals surface area contributed by atoms with Gasteiger partial charge in [0, 0.05) is 16.0 Å². The maximum absolute atomic E-state index is 13.4. The van der Waals surface area contributed by atoms with Crippen molar-refractivity contribution in [2.75, 3.05) is 11.1 Å². The predicted octanol–water partition coefficient (Wildman–Crippen LogP) is 4.12. The molecule has 8 heteroatoms. The van der Waals surface area contributed by atoms with Crippen LogP contribution >= 0.6 is 23.4 Å². The Morgan fingerprint density at radius 1 is 1.32 bits per heavy atom. The van der Waals surface area contributed by atoms with Crippen LogP contribution in [-0.2, 0) is 4.79 Å². The molecule has 0 aliphatic heterocycles. The molecule has 0 saturated heterocycles. The molecule has 0 aromatic heterocycles. The number of halogens is 2. The molecule has 0 bridgehead atoms. The van der Waals surface area contributed by atoms with Crippen LogP contribution in [0.25, 0.3) is 0 Å². The van der Waals surface area contributed by atoms with Gasteiger partial charge in [0.1, 0.15) is 11.5 Å². The van der Waals surface area contributed by atoms with Crippen LogP contribution in [0.3, 0.4) is 0 Å². The summed E-state index contributed by atoms with van der Waals surface area (Å²) >= 11 is 6.70. The second kappa shape index (κ2) is 7.24. The summed E-state index contributed by atoms with van der Waals surface area (Å²) in [6, 6.07) is 10.0. The molecule has 1 amide bonds. The number of nitrogens with one attached hydrogen (secondary N) is 1. The van der Waals surface area contributed by atoms with Crippen LogP contribution in [0, 0.1) is 15.9 Å². The fourth-order valence-electron chi connectivity index (χ4n) is 1.65. The van der Waals surface area contributed by atoms with Gasteiger partial charge in [-0.25, -0.2) is 4.39 Å². The van der Waals surface area contributed by atoms with Gasteiger partial charge in [0.25, 0.3) is 5.69 Å². The molecule has 5 nitrogen and oxygen atoms in total. The number of hydrogen-bond acceptors (Lipinski definition) is 4. The molecule has 0 unspecified atom stereocenters. The van der Waals surface area contributed by atoms with E-state index in [1.807, 2.05) is 0 Å². The number of carbonyl (C=O) groups is 1. The Labute approximate surface area is 134 Å². The molecule has 2 rings (SSSR count). The van der Waals surface area contributed by atoms with E-state index < -0.39 is 16.6 Å². The summed E-state index contributed by atoms with van der Waals surface area (Å²) in [5, 5.41) is 13.5. The highest BCUT2D eigenvalue weighted by Crippen LogP contribution is 2.28. The maximum atomic E-state index is 13.4. The molecule has 0 spiro atoms. The molecule has 2 aromatic rings. The number of rotatable bonds is 5. The van der Waals surface area contributed by atoms with Crippen molar-refractivity contribution >= 4 is 40.6 Å². The van der Waals surface area contributed by atoms with E-state index in [2.05, 4.69) is 5.32 Å². The van der Waals surface area contributed by atoms with Gasteiger partial charge >= 0.3 is 0 Å². The van der Waals surface area contributed by atoms with Crippen molar-refractivity contribution in [3.8, 4) is 0 Å². The van der Waals surface area contributed by atoms with E-state index in [1.165, 1.54) is 18.2 Å². The normalized spacial score (nSPS) is 10.3. The molecular formula is C14H10ClFN2O3S. The number of thioether (sulfide) groups is 1. The number of nitro groups is 1. The molecule has 2 aromatic carbocycles. The molecule has 1 N–H and O–H groups in total. The lowest BCUT2D eigenvalue weighted by atomic mass is 10.2. The van der Waals surface area contributed by atoms with Crippen molar-refractivity contribution in [1.29, 1.82) is 0 Å². The van der Waals surface area contributed by atoms with E-state index in [4.69, 9.17) is 11.6 Å². The first-order chi connectivity index (χ1) is 10.5. The van der Waals surface area contributed by atoms with Crippen LogP contribution in [-0.4, -0.2) is 16.6 Å². The van der Waals surface area contributed by atoms with Gasteiger partial charge in [0.05, 0.1) is 10.7 Å². The van der Waals surface area contributed by atoms with Gasteiger partial charge in [-0.15, -0.1) is 11.8 Å². The maximum Gasteiger partial charge on any atom is 0.294 e. The zero-order chi connectivity index (χ0) is 16.1. The lowest BCUT2D eigenvalue weighted by molar-refractivity contribution is -0.383. The molecule has 0 fully saturated rings. The third-order valence-electron chi connectivity index (χ3n) is 2.63. The SMILES string of the molecule is O=C(CSc1ccccc1F)Nc1ccc(Cl)cc1[N+](=O)[O-]. The van der Waals surface area contributed by atoms with Gasteiger partial charge in [0.15, 0.2) is 0 Å². The minimum absolute atomic E-state index is 0.0496. The molecule has 0 atom stereocenters. The van der Waals surface area contributed by atoms with E-state index >= 15 is 0 Å². The molecule has 22 heavy (non-hydrogen) atoms. The average Bonchev–Trinajstić information content (AvgIpc) is 2.48. The Hall–Kier alpha value is -2.12. The topological polar surface area (TPSA) is 72.2 Å². The number of hydrogen-bond donors (Lipinski definition) is 1. The van der Waals surface area contributed by atoms with Crippen LogP contribution in [0.2, 0.25) is 5.02 Å². The fourth-order valence-corrected chi connectivity index (χ4v) is 2.56. The number of carbonyl (C=O) groups excluding carboxylic acids is 1. The van der Waals surface area contributed by atoms with Crippen LogP contribution in [0.5, 0.6) is 0 Å². The van der Waals surface area contributed by atoms with E-state index in [9.17, 15) is 19.3 Å². The first-order valence-electron chi connectivity index (χ1n) is 6.08. The van der Waals surface area contributed by atoms with Crippen molar-refractivity contribution in [1.82, 2.24) is 0 Å². The Morgan fingerprint density at radius 2 is 2.05 bits per heavy atom. The van der Waals surface area contributed by atoms with Gasteiger partial charge in [0.2, 0.25) is 5.91 Å². The summed E-state index contributed by atoms with van der Waals surface area (Å²) in [7, 11) is 0. The predicted molar refractivity (Wildman–Crippen MR) is 83.9 cm³/mol. The Morgan fingerprint density at radius 3 is 2.73 bits per heavy atom. The summed E-state index contributed by atoms with van der Waals surface area (Å²) < 4.78 is 13.4. The Kier molecular flexibility index (Phi) is 5.35. The van der Waals surface area contributed by atoms with Gasteiger partial charge in [-0.1, -0.05) is 23.7 Å². The zero-order valence-electron chi connectivity index (χ0n) is 11.1. The zero-order valence-corrected chi connectivity index (χ0v) is 12.7. The van der Waals surface area contributed by atoms with Crippen molar-refractivity contribution in [3.63, 3.8) is 0 Å². The molecule has 0 heterocycles. The van der Waals surface area contributed by atoms with E-state index in [0.717, 1.165) is 17.8 Å². The number of anilines is 1. The van der Waals surface area contributed by atoms with Crippen LogP contribution in [0.4, 0.5) is 15.8 Å². The summed E-state index contributed by atoms with van der Waals surface area (Å²) in [4.78, 5) is 22.5. The van der Waals surface area contributed by atoms with Crippen molar-refractivity contribution in [3.05, 3.63) is 63.4 Å². The van der Waals surface area contributed by atoms with Crippen LogP contribution in [0.1, 0.15) is 0 Å². The highest BCUT2D eigenvalue weighted by Gasteiger charge is 2.16. The van der Waals surface area contributed by atoms with Gasteiger partial charge in [-0.2, -0.15) is 0 Å². The lowest BCUT2D eigenvalue weighted by Crippen LogP contribution is -2.15. The summed E-state index contributed by atoms with van der Waals surface area (Å²) in [5.41, 5.74) is -0.245. The minimum atomic E-state index is -0.633. The second-order valence-corrected chi connectivity index (χ2v) is 5.64. The third-order valence-corrected chi connectivity index (χ3v) is 3.91. The van der Waals surface area contributed by atoms with Crippen molar-refractivity contribution < 1.29 is 14.1 Å². The highest BCUT2D eigenvalue weighted by atomic mass is 35.5. The second-order valence-electron chi connectivity index (χ2n) is 4.19. The largest absolute Gasteiger partial charge is 0.320 e. The van der Waals surface area contributed by atoms with Crippen LogP contribution < -0.4 is 5.32 Å². The Bertz CT molecular complexity index is 727. The summed E-state index contributed by atoms with van der Waals surface area (Å²) in [6.07, 6.45) is 0. The van der Waals surface area contributed by atoms with Crippen molar-refractivity contribution in [2.45, 2.75) is 4.90 Å². The number of benzene rings is 2. The number of nitrogens with zero attached hydrogens (tertiary/aromatic N) is 1. The monoisotopic (exact) mass is 340 g/mol. The summed E-state index contributed by atoms with van der Waals surface area (Å²) in [5.74, 6) is -0.961. The lowest BCUT2D eigenvalue weighted by Gasteiger charge is -2.06. The first kappa shape index (κ1) is 16.3. The molecule has 0 saturated carbocycles. The van der Waals surface area contributed by atoms with E-state index in [-0.39, 0.29) is 22.2 Å². The molecule has 114 valence electrons. The number of amides is 1. The quantitative estimate of drug-likeness (QED) is 0.505. The minimum Gasteiger partial charge on any atom is -0.320 e. The van der Waals surface area contributed by atoms with Crippen molar-refractivity contribution in [2.24, 2.45) is 0 Å². The molecule has 0 aliphatic carbocycles. The molecule has 0 radical (unpaired) electrons. The van der Waals surface area contributed by atoms with Gasteiger partial charge in [-0.3, -0.25) is 14.9 Å². The molecule has 0 aliphatic rings. The Balaban J connectivity index is 2.04. The smallest absolute Gasteiger partial charge is 0.294 e. The van der Waals surface area contributed by atoms with E-state index in [0.29, 0.717) is 4.90 Å². The van der Waals surface area contributed by atoms with Gasteiger partial charge in [-0.05, 0) is 24.3 Å². The highest BCUT2D eigenvalue weighted by molar-refractivity contribution is 8.00.